The highest BCUT2D eigenvalue weighted by molar-refractivity contribution is 8.23. The third-order valence-electron chi connectivity index (χ3n) is 4.26. The fourth-order valence-corrected chi connectivity index (χ4v) is 3.69. The average molecular weight is 348 g/mol. The van der Waals surface area contributed by atoms with Crippen LogP contribution in [0.15, 0.2) is 47.4 Å². The molecule has 1 heterocycles. The SMILES string of the molecule is CC(=O)N1c2ccc(-c3ccc(S(C)(O)O)cc3)cc2NC[C@@H]1C.[HH]. The molecule has 3 rings (SSSR count). The molecule has 5 nitrogen and oxygen atoms in total. The Morgan fingerprint density at radius 1 is 1.21 bits per heavy atom. The summed E-state index contributed by atoms with van der Waals surface area (Å²) in [5, 5.41) is 3.37. The highest BCUT2D eigenvalue weighted by Crippen LogP contribution is 2.44. The first-order valence-electron chi connectivity index (χ1n) is 7.79. The molecule has 0 spiro atoms. The molecule has 6 heteroatoms. The van der Waals surface area contributed by atoms with Crippen LogP contribution < -0.4 is 10.2 Å². The maximum Gasteiger partial charge on any atom is 0.224 e. The fourth-order valence-electron chi connectivity index (χ4n) is 3.04. The average Bonchev–Trinajstić information content (AvgIpc) is 2.53. The lowest BCUT2D eigenvalue weighted by Gasteiger charge is -2.35. The molecule has 3 N–H and O–H groups in total. The van der Waals surface area contributed by atoms with E-state index in [0.717, 1.165) is 22.5 Å². The molecule has 0 aromatic heterocycles. The molecular weight excluding hydrogens is 324 g/mol. The highest BCUT2D eigenvalue weighted by atomic mass is 32.3. The highest BCUT2D eigenvalue weighted by Gasteiger charge is 2.26. The van der Waals surface area contributed by atoms with E-state index in [1.165, 1.54) is 6.26 Å². The minimum atomic E-state index is -2.70. The van der Waals surface area contributed by atoms with Gasteiger partial charge in [-0.05, 0) is 42.3 Å². The Hall–Kier alpha value is -2.02. The largest absolute Gasteiger partial charge is 0.381 e. The Morgan fingerprint density at radius 2 is 1.83 bits per heavy atom. The van der Waals surface area contributed by atoms with Crippen LogP contribution in [0.25, 0.3) is 11.1 Å². The van der Waals surface area contributed by atoms with Gasteiger partial charge in [0.2, 0.25) is 5.91 Å². The van der Waals surface area contributed by atoms with Crippen LogP contribution in [0, 0.1) is 0 Å². The summed E-state index contributed by atoms with van der Waals surface area (Å²) in [7, 11) is -2.70. The molecule has 1 atom stereocenters. The van der Waals surface area contributed by atoms with Crippen LogP contribution in [-0.2, 0) is 4.79 Å². The van der Waals surface area contributed by atoms with Crippen molar-refractivity contribution in [3.8, 4) is 11.1 Å². The standard InChI is InChI=1S/C18H22N2O3S.H2/c1-12-11-19-17-10-15(6-9-18(17)20(12)13(2)21)14-4-7-16(8-5-14)24(3,22)23;/h4-10,12,19,22-23H,11H2,1-3H3;1H/t12-;/m0./s1. The second-order valence-corrected chi connectivity index (χ2v) is 8.35. The summed E-state index contributed by atoms with van der Waals surface area (Å²) in [5.74, 6) is 0.0375. The Labute approximate surface area is 145 Å². The summed E-state index contributed by atoms with van der Waals surface area (Å²) in [4.78, 5) is 14.2. The molecule has 0 radical (unpaired) electrons. The van der Waals surface area contributed by atoms with Crippen molar-refractivity contribution in [1.29, 1.82) is 0 Å². The van der Waals surface area contributed by atoms with Crippen LogP contribution in [0.2, 0.25) is 0 Å². The van der Waals surface area contributed by atoms with Gasteiger partial charge in [0, 0.05) is 21.2 Å². The van der Waals surface area contributed by atoms with E-state index in [1.54, 1.807) is 19.1 Å². The lowest BCUT2D eigenvalue weighted by molar-refractivity contribution is -0.116. The lowest BCUT2D eigenvalue weighted by atomic mass is 10.0. The summed E-state index contributed by atoms with van der Waals surface area (Å²) in [6.07, 6.45) is 1.42. The van der Waals surface area contributed by atoms with Gasteiger partial charge in [-0.15, -0.1) is 0 Å². The molecule has 24 heavy (non-hydrogen) atoms. The molecule has 1 aliphatic heterocycles. The lowest BCUT2D eigenvalue weighted by Crippen LogP contribution is -2.44. The van der Waals surface area contributed by atoms with Gasteiger partial charge in [0.15, 0.2) is 0 Å². The van der Waals surface area contributed by atoms with E-state index in [-0.39, 0.29) is 13.4 Å². The maximum absolute atomic E-state index is 11.9. The van der Waals surface area contributed by atoms with Crippen LogP contribution in [0.1, 0.15) is 15.3 Å². The number of carbonyl (C=O) groups is 1. The zero-order valence-electron chi connectivity index (χ0n) is 14.0. The molecule has 0 fully saturated rings. The summed E-state index contributed by atoms with van der Waals surface area (Å²) in [5.41, 5.74) is 3.83. The van der Waals surface area contributed by atoms with Crippen LogP contribution >= 0.6 is 10.6 Å². The van der Waals surface area contributed by atoms with Gasteiger partial charge >= 0.3 is 0 Å². The van der Waals surface area contributed by atoms with Crippen molar-refractivity contribution in [3.63, 3.8) is 0 Å². The molecule has 1 aliphatic rings. The number of hydrogen-bond donors (Lipinski definition) is 3. The van der Waals surface area contributed by atoms with Gasteiger partial charge in [0.25, 0.3) is 0 Å². The quantitative estimate of drug-likeness (QED) is 0.747. The zero-order chi connectivity index (χ0) is 17.5. The number of nitrogens with zero attached hydrogens (tertiary/aromatic N) is 1. The van der Waals surface area contributed by atoms with Crippen molar-refractivity contribution < 1.29 is 15.3 Å². The normalized spacial score (nSPS) is 17.9. The first-order chi connectivity index (χ1) is 11.3. The minimum absolute atomic E-state index is 0. The van der Waals surface area contributed by atoms with Gasteiger partial charge in [-0.1, -0.05) is 18.2 Å². The number of carbonyl (C=O) groups excluding carboxylic acids is 1. The first-order valence-corrected chi connectivity index (χ1v) is 9.74. The fraction of sp³-hybridized carbons (Fsp3) is 0.278. The third-order valence-corrected chi connectivity index (χ3v) is 5.42. The Kier molecular flexibility index (Phi) is 4.29. The molecule has 1 amide bonds. The van der Waals surface area contributed by atoms with Gasteiger partial charge in [0.05, 0.1) is 22.3 Å². The molecule has 130 valence electrons. The second kappa shape index (κ2) is 6.12. The van der Waals surface area contributed by atoms with Gasteiger partial charge < -0.3 is 10.2 Å². The molecule has 0 aliphatic carbocycles. The van der Waals surface area contributed by atoms with E-state index in [0.29, 0.717) is 11.4 Å². The zero-order valence-corrected chi connectivity index (χ0v) is 14.8. The van der Waals surface area contributed by atoms with Gasteiger partial charge in [-0.25, -0.2) is 0 Å². The first kappa shape index (κ1) is 16.8. The predicted molar refractivity (Wildman–Crippen MR) is 102 cm³/mol. The third kappa shape index (κ3) is 3.13. The number of rotatable bonds is 2. The number of fused-ring (bicyclic) bond motifs is 1. The topological polar surface area (TPSA) is 72.8 Å². The summed E-state index contributed by atoms with van der Waals surface area (Å²) >= 11 is 0. The van der Waals surface area contributed by atoms with Crippen molar-refractivity contribution in [1.82, 2.24) is 0 Å². The van der Waals surface area contributed by atoms with Crippen LogP contribution in [0.4, 0.5) is 11.4 Å². The van der Waals surface area contributed by atoms with Crippen molar-refractivity contribution in [2.75, 3.05) is 23.0 Å². The van der Waals surface area contributed by atoms with Crippen LogP contribution in [0.3, 0.4) is 0 Å². The van der Waals surface area contributed by atoms with E-state index in [4.69, 9.17) is 0 Å². The summed E-state index contributed by atoms with van der Waals surface area (Å²) < 4.78 is 19.4. The van der Waals surface area contributed by atoms with Crippen molar-refractivity contribution in [2.24, 2.45) is 0 Å². The smallest absolute Gasteiger partial charge is 0.224 e. The number of benzene rings is 2. The van der Waals surface area contributed by atoms with Gasteiger partial charge in [0.1, 0.15) is 0 Å². The molecular formula is C18H24N2O3S. The van der Waals surface area contributed by atoms with Crippen LogP contribution in [0.5, 0.6) is 0 Å². The van der Waals surface area contributed by atoms with Gasteiger partial charge in [-0.2, -0.15) is 10.6 Å². The van der Waals surface area contributed by atoms with Crippen LogP contribution in [-0.4, -0.2) is 33.9 Å². The van der Waals surface area contributed by atoms with E-state index in [9.17, 15) is 13.9 Å². The van der Waals surface area contributed by atoms with E-state index in [2.05, 4.69) is 5.32 Å². The molecule has 2 aromatic rings. The Bertz CT molecular complexity index is 775. The predicted octanol–water partition coefficient (Wildman–Crippen LogP) is 4.51. The number of hydrogen-bond acceptors (Lipinski definition) is 4. The number of amides is 1. The molecule has 0 bridgehead atoms. The minimum Gasteiger partial charge on any atom is -0.381 e. The van der Waals surface area contributed by atoms with E-state index >= 15 is 0 Å². The van der Waals surface area contributed by atoms with Gasteiger partial charge in [-0.3, -0.25) is 13.9 Å². The number of nitrogens with one attached hydrogen (secondary N) is 1. The van der Waals surface area contributed by atoms with Crippen molar-refractivity contribution >= 4 is 27.9 Å². The maximum atomic E-state index is 11.9. The van der Waals surface area contributed by atoms with E-state index < -0.39 is 10.6 Å². The monoisotopic (exact) mass is 348 g/mol. The summed E-state index contributed by atoms with van der Waals surface area (Å²) in [6.45, 7) is 4.32. The molecule has 0 unspecified atom stereocenters. The molecule has 2 aromatic carbocycles. The molecule has 0 saturated carbocycles. The summed E-state index contributed by atoms with van der Waals surface area (Å²) in [6, 6.07) is 13.3. The van der Waals surface area contributed by atoms with Crippen molar-refractivity contribution in [3.05, 3.63) is 42.5 Å². The number of anilines is 2. The Balaban J connectivity index is 0.00000225. The van der Waals surface area contributed by atoms with E-state index in [1.807, 2.05) is 42.2 Å². The Morgan fingerprint density at radius 3 is 2.42 bits per heavy atom. The molecule has 0 saturated heterocycles. The second-order valence-electron chi connectivity index (χ2n) is 6.21. The van der Waals surface area contributed by atoms with Crippen molar-refractivity contribution in [2.45, 2.75) is 24.8 Å².